The molecule has 6 nitrogen and oxygen atoms in total. The zero-order valence-corrected chi connectivity index (χ0v) is 12.8. The van der Waals surface area contributed by atoms with Crippen LogP contribution < -0.4 is 5.32 Å². The number of carbonyl (C=O) groups excluding carboxylic acids is 1. The van der Waals surface area contributed by atoms with E-state index in [4.69, 9.17) is 4.74 Å². The molecule has 1 unspecified atom stereocenters. The first kappa shape index (κ1) is 15.9. The zero-order chi connectivity index (χ0) is 15.3. The topological polar surface area (TPSA) is 75.7 Å². The Bertz CT molecular complexity index is 574. The maximum absolute atomic E-state index is 12.6. The molecule has 0 saturated carbocycles. The Morgan fingerprint density at radius 1 is 1.38 bits per heavy atom. The summed E-state index contributed by atoms with van der Waals surface area (Å²) in [6, 6.07) is 8.17. The summed E-state index contributed by atoms with van der Waals surface area (Å²) < 4.78 is 31.4. The summed E-state index contributed by atoms with van der Waals surface area (Å²) in [6.45, 7) is 3.04. The van der Waals surface area contributed by atoms with E-state index in [0.717, 1.165) is 0 Å². The van der Waals surface area contributed by atoms with Crippen LogP contribution in [0.4, 0.5) is 0 Å². The van der Waals surface area contributed by atoms with Gasteiger partial charge in [-0.1, -0.05) is 30.3 Å². The van der Waals surface area contributed by atoms with E-state index in [1.165, 1.54) is 4.31 Å². The van der Waals surface area contributed by atoms with Crippen molar-refractivity contribution >= 4 is 16.0 Å². The minimum absolute atomic E-state index is 0.107. The highest BCUT2D eigenvalue weighted by Crippen LogP contribution is 2.16. The summed E-state index contributed by atoms with van der Waals surface area (Å²) in [5.74, 6) is -0.606. The second kappa shape index (κ2) is 7.02. The molecule has 116 valence electrons. The smallest absolute Gasteiger partial charge is 0.325 e. The fourth-order valence-electron chi connectivity index (χ4n) is 2.33. The zero-order valence-electron chi connectivity index (χ0n) is 12.0. The van der Waals surface area contributed by atoms with Gasteiger partial charge in [0.2, 0.25) is 10.0 Å². The number of rotatable bonds is 5. The average Bonchev–Trinajstić information content (AvgIpc) is 2.48. The Hall–Kier alpha value is -1.44. The number of hydrogen-bond donors (Lipinski definition) is 1. The molecule has 0 radical (unpaired) electrons. The number of hydrogen-bond acceptors (Lipinski definition) is 5. The monoisotopic (exact) mass is 312 g/mol. The lowest BCUT2D eigenvalue weighted by Crippen LogP contribution is -2.57. The van der Waals surface area contributed by atoms with Gasteiger partial charge in [-0.3, -0.25) is 4.79 Å². The number of sulfonamides is 1. The molecule has 0 spiro atoms. The summed E-state index contributed by atoms with van der Waals surface area (Å²) in [5.41, 5.74) is 0.707. The number of esters is 1. The van der Waals surface area contributed by atoms with Crippen molar-refractivity contribution in [2.24, 2.45) is 0 Å². The number of nitrogens with zero attached hydrogens (tertiary/aromatic N) is 1. The summed E-state index contributed by atoms with van der Waals surface area (Å²) >= 11 is 0. The van der Waals surface area contributed by atoms with Gasteiger partial charge in [-0.25, -0.2) is 8.42 Å². The molecule has 0 aliphatic carbocycles. The summed E-state index contributed by atoms with van der Waals surface area (Å²) in [7, 11) is -3.56. The van der Waals surface area contributed by atoms with E-state index in [2.05, 4.69) is 5.32 Å². The summed E-state index contributed by atoms with van der Waals surface area (Å²) in [5, 5.41) is 3.03. The van der Waals surface area contributed by atoms with Crippen molar-refractivity contribution in [3.63, 3.8) is 0 Å². The number of ether oxygens (including phenoxy) is 1. The lowest BCUT2D eigenvalue weighted by Gasteiger charge is -2.33. The lowest BCUT2D eigenvalue weighted by atomic mass is 10.2. The molecule has 0 amide bonds. The van der Waals surface area contributed by atoms with Gasteiger partial charge >= 0.3 is 5.97 Å². The average molecular weight is 312 g/mol. The Kier molecular flexibility index (Phi) is 5.33. The molecule has 1 atom stereocenters. The molecule has 1 aliphatic heterocycles. The van der Waals surface area contributed by atoms with Crippen LogP contribution in [0.15, 0.2) is 30.3 Å². The van der Waals surface area contributed by atoms with Crippen LogP contribution >= 0.6 is 0 Å². The molecule has 0 aromatic heterocycles. The van der Waals surface area contributed by atoms with Crippen LogP contribution in [0.5, 0.6) is 0 Å². The molecule has 1 N–H and O–H groups in total. The number of benzene rings is 1. The molecule has 1 saturated heterocycles. The molecule has 1 aromatic carbocycles. The van der Waals surface area contributed by atoms with E-state index in [1.807, 2.05) is 6.07 Å². The van der Waals surface area contributed by atoms with E-state index in [-0.39, 0.29) is 25.4 Å². The van der Waals surface area contributed by atoms with Crippen LogP contribution in [0.25, 0.3) is 0 Å². The van der Waals surface area contributed by atoms with E-state index in [0.29, 0.717) is 12.1 Å². The predicted molar refractivity (Wildman–Crippen MR) is 79.1 cm³/mol. The van der Waals surface area contributed by atoms with Crippen LogP contribution in [0.3, 0.4) is 0 Å². The maximum atomic E-state index is 12.6. The Morgan fingerprint density at radius 2 is 2.10 bits per heavy atom. The molecule has 2 rings (SSSR count). The fourth-order valence-corrected chi connectivity index (χ4v) is 4.02. The van der Waals surface area contributed by atoms with Crippen molar-refractivity contribution in [3.05, 3.63) is 35.9 Å². The van der Waals surface area contributed by atoms with Crippen LogP contribution in [0.2, 0.25) is 0 Å². The van der Waals surface area contributed by atoms with Gasteiger partial charge in [0.1, 0.15) is 6.04 Å². The number of carbonyl (C=O) groups is 1. The van der Waals surface area contributed by atoms with Gasteiger partial charge in [0, 0.05) is 19.6 Å². The fraction of sp³-hybridized carbons (Fsp3) is 0.500. The van der Waals surface area contributed by atoms with Crippen LogP contribution in [-0.2, 0) is 25.3 Å². The standard InChI is InChI=1S/C14H20N2O4S/c1-2-20-14(17)13-10-15-8-9-16(13)21(18,19)11-12-6-4-3-5-7-12/h3-7,13,15H,2,8-11H2,1H3. The van der Waals surface area contributed by atoms with Gasteiger partial charge in [-0.2, -0.15) is 4.31 Å². The third kappa shape index (κ3) is 4.03. The largest absolute Gasteiger partial charge is 0.465 e. The second-order valence-electron chi connectivity index (χ2n) is 4.82. The number of piperazine rings is 1. The van der Waals surface area contributed by atoms with Crippen LogP contribution in [0, 0.1) is 0 Å². The third-order valence-corrected chi connectivity index (χ3v) is 5.15. The van der Waals surface area contributed by atoms with Gasteiger partial charge in [-0.05, 0) is 12.5 Å². The quantitative estimate of drug-likeness (QED) is 0.794. The highest BCUT2D eigenvalue weighted by molar-refractivity contribution is 7.88. The molecule has 1 aromatic rings. The first-order valence-corrected chi connectivity index (χ1v) is 8.56. The van der Waals surface area contributed by atoms with Gasteiger partial charge in [0.25, 0.3) is 0 Å². The molecular weight excluding hydrogens is 292 g/mol. The normalized spacial score (nSPS) is 20.1. The Balaban J connectivity index is 2.17. The highest BCUT2D eigenvalue weighted by atomic mass is 32.2. The van der Waals surface area contributed by atoms with Gasteiger partial charge in [0.05, 0.1) is 12.4 Å². The van der Waals surface area contributed by atoms with Gasteiger partial charge in [-0.15, -0.1) is 0 Å². The Morgan fingerprint density at radius 3 is 2.76 bits per heavy atom. The minimum Gasteiger partial charge on any atom is -0.465 e. The van der Waals surface area contributed by atoms with Crippen molar-refractivity contribution in [3.8, 4) is 0 Å². The molecule has 21 heavy (non-hydrogen) atoms. The second-order valence-corrected chi connectivity index (χ2v) is 6.75. The van der Waals surface area contributed by atoms with Gasteiger partial charge < -0.3 is 10.1 Å². The van der Waals surface area contributed by atoms with Gasteiger partial charge in [0.15, 0.2) is 0 Å². The first-order chi connectivity index (χ1) is 10.0. The molecule has 0 bridgehead atoms. The number of nitrogens with one attached hydrogen (secondary N) is 1. The van der Waals surface area contributed by atoms with E-state index >= 15 is 0 Å². The van der Waals surface area contributed by atoms with E-state index in [1.54, 1.807) is 31.2 Å². The van der Waals surface area contributed by atoms with Crippen molar-refractivity contribution in [1.29, 1.82) is 0 Å². The van der Waals surface area contributed by atoms with Crippen molar-refractivity contribution in [2.45, 2.75) is 18.7 Å². The molecule has 7 heteroatoms. The molecule has 1 fully saturated rings. The lowest BCUT2D eigenvalue weighted by molar-refractivity contribution is -0.148. The van der Waals surface area contributed by atoms with E-state index < -0.39 is 22.0 Å². The summed E-state index contributed by atoms with van der Waals surface area (Å²) in [4.78, 5) is 11.9. The third-order valence-electron chi connectivity index (χ3n) is 3.30. The first-order valence-electron chi connectivity index (χ1n) is 6.95. The van der Waals surface area contributed by atoms with Crippen molar-refractivity contribution in [1.82, 2.24) is 9.62 Å². The molecule has 1 aliphatic rings. The minimum atomic E-state index is -3.56. The van der Waals surface area contributed by atoms with Crippen molar-refractivity contribution in [2.75, 3.05) is 26.2 Å². The molecule has 1 heterocycles. The highest BCUT2D eigenvalue weighted by Gasteiger charge is 2.37. The SMILES string of the molecule is CCOC(=O)C1CNCCN1S(=O)(=O)Cc1ccccc1. The Labute approximate surface area is 125 Å². The molecular formula is C14H20N2O4S. The summed E-state index contributed by atoms with van der Waals surface area (Å²) in [6.07, 6.45) is 0. The van der Waals surface area contributed by atoms with Crippen molar-refractivity contribution < 1.29 is 17.9 Å². The van der Waals surface area contributed by atoms with E-state index in [9.17, 15) is 13.2 Å². The van der Waals surface area contributed by atoms with Crippen LogP contribution in [-0.4, -0.2) is 51.0 Å². The van der Waals surface area contributed by atoms with Crippen LogP contribution in [0.1, 0.15) is 12.5 Å². The maximum Gasteiger partial charge on any atom is 0.325 e. The predicted octanol–water partition coefficient (Wildman–Crippen LogP) is 0.353.